The minimum atomic E-state index is 0.719. The molecular formula is C34H22N4. The van der Waals surface area contributed by atoms with Gasteiger partial charge in [-0.05, 0) is 41.8 Å². The van der Waals surface area contributed by atoms with Crippen molar-refractivity contribution in [1.29, 1.82) is 0 Å². The van der Waals surface area contributed by atoms with Gasteiger partial charge in [0, 0.05) is 45.2 Å². The predicted molar refractivity (Wildman–Crippen MR) is 156 cm³/mol. The van der Waals surface area contributed by atoms with Gasteiger partial charge in [0.15, 0.2) is 5.82 Å². The molecule has 0 bridgehead atoms. The first kappa shape index (κ1) is 20.9. The van der Waals surface area contributed by atoms with Crippen molar-refractivity contribution < 1.29 is 0 Å². The molecule has 8 rings (SSSR count). The zero-order valence-corrected chi connectivity index (χ0v) is 20.5. The number of benzene rings is 5. The van der Waals surface area contributed by atoms with Crippen LogP contribution in [0, 0.1) is 0 Å². The van der Waals surface area contributed by atoms with Crippen LogP contribution in [0.2, 0.25) is 0 Å². The normalized spacial score (nSPS) is 11.7. The molecule has 38 heavy (non-hydrogen) atoms. The Bertz CT molecular complexity index is 2120. The fraction of sp³-hybridized carbons (Fsp3) is 0. The lowest BCUT2D eigenvalue weighted by atomic mass is 10.0. The highest BCUT2D eigenvalue weighted by molar-refractivity contribution is 6.22. The van der Waals surface area contributed by atoms with Gasteiger partial charge in [0.2, 0.25) is 0 Å². The summed E-state index contributed by atoms with van der Waals surface area (Å²) in [6.07, 6.45) is 4.02. The Morgan fingerprint density at radius 2 is 1.18 bits per heavy atom. The number of fused-ring (bicyclic) bond motifs is 7. The van der Waals surface area contributed by atoms with E-state index < -0.39 is 0 Å². The first-order valence-electron chi connectivity index (χ1n) is 12.8. The van der Waals surface area contributed by atoms with Gasteiger partial charge in [0.1, 0.15) is 5.82 Å². The van der Waals surface area contributed by atoms with E-state index in [1.807, 2.05) is 30.5 Å². The van der Waals surface area contributed by atoms with E-state index in [9.17, 15) is 0 Å². The standard InChI is InChI=1S/C34H22N4/c1-3-9-23(10-4-1)34-35-21-19-32(36-34)38-31-14-8-7-13-26(31)29-16-15-25-27-20-22-37(24-11-5-2-6-12-24)30(27)18-17-28(25)33(29)38/h1-22H. The smallest absolute Gasteiger partial charge is 0.161 e. The molecule has 0 saturated heterocycles. The molecule has 0 radical (unpaired) electrons. The van der Waals surface area contributed by atoms with Crippen molar-refractivity contribution in [3.63, 3.8) is 0 Å². The molecule has 0 N–H and O–H groups in total. The van der Waals surface area contributed by atoms with Crippen LogP contribution in [0.1, 0.15) is 0 Å². The lowest BCUT2D eigenvalue weighted by Gasteiger charge is -2.11. The summed E-state index contributed by atoms with van der Waals surface area (Å²) in [6, 6.07) is 42.5. The maximum absolute atomic E-state index is 5.05. The first-order valence-corrected chi connectivity index (χ1v) is 12.8. The zero-order chi connectivity index (χ0) is 25.1. The van der Waals surface area contributed by atoms with Crippen molar-refractivity contribution in [2.75, 3.05) is 0 Å². The molecule has 0 saturated carbocycles. The maximum Gasteiger partial charge on any atom is 0.161 e. The molecule has 0 fully saturated rings. The zero-order valence-electron chi connectivity index (χ0n) is 20.5. The van der Waals surface area contributed by atoms with Crippen LogP contribution < -0.4 is 0 Å². The fourth-order valence-electron chi connectivity index (χ4n) is 5.74. The molecule has 178 valence electrons. The molecule has 0 aliphatic carbocycles. The van der Waals surface area contributed by atoms with Crippen molar-refractivity contribution in [1.82, 2.24) is 19.1 Å². The minimum absolute atomic E-state index is 0.719. The van der Waals surface area contributed by atoms with Gasteiger partial charge in [-0.1, -0.05) is 84.9 Å². The predicted octanol–water partition coefficient (Wildman–Crippen LogP) is 8.34. The van der Waals surface area contributed by atoms with Crippen molar-refractivity contribution in [2.45, 2.75) is 0 Å². The van der Waals surface area contributed by atoms with Crippen LogP contribution in [0.5, 0.6) is 0 Å². The van der Waals surface area contributed by atoms with Gasteiger partial charge in [-0.25, -0.2) is 9.97 Å². The minimum Gasteiger partial charge on any atom is -0.317 e. The van der Waals surface area contributed by atoms with Crippen LogP contribution >= 0.6 is 0 Å². The van der Waals surface area contributed by atoms with Crippen LogP contribution in [-0.4, -0.2) is 19.1 Å². The Morgan fingerprint density at radius 3 is 2.05 bits per heavy atom. The molecule has 0 aliphatic rings. The lowest BCUT2D eigenvalue weighted by molar-refractivity contribution is 1.05. The molecule has 3 heterocycles. The van der Waals surface area contributed by atoms with E-state index in [1.165, 1.54) is 32.4 Å². The molecule has 0 aliphatic heterocycles. The molecule has 0 atom stereocenters. The van der Waals surface area contributed by atoms with Gasteiger partial charge in [-0.2, -0.15) is 0 Å². The molecule has 4 nitrogen and oxygen atoms in total. The average Bonchev–Trinajstić information content (AvgIpc) is 3.58. The summed E-state index contributed by atoms with van der Waals surface area (Å²) in [6.45, 7) is 0. The molecule has 0 spiro atoms. The third-order valence-electron chi connectivity index (χ3n) is 7.44. The van der Waals surface area contributed by atoms with E-state index in [2.05, 4.69) is 117 Å². The Labute approximate surface area is 219 Å². The van der Waals surface area contributed by atoms with Crippen LogP contribution in [-0.2, 0) is 0 Å². The van der Waals surface area contributed by atoms with Gasteiger partial charge >= 0.3 is 0 Å². The van der Waals surface area contributed by atoms with Gasteiger partial charge in [-0.3, -0.25) is 4.57 Å². The van der Waals surface area contributed by atoms with Gasteiger partial charge in [0.05, 0.1) is 16.6 Å². The first-order chi connectivity index (χ1) is 18.9. The monoisotopic (exact) mass is 486 g/mol. The number of hydrogen-bond acceptors (Lipinski definition) is 2. The summed E-state index contributed by atoms with van der Waals surface area (Å²) in [5.74, 6) is 1.58. The third kappa shape index (κ3) is 3.04. The van der Waals surface area contributed by atoms with E-state index in [0.29, 0.717) is 0 Å². The lowest BCUT2D eigenvalue weighted by Crippen LogP contribution is -2.00. The highest BCUT2D eigenvalue weighted by Gasteiger charge is 2.18. The maximum atomic E-state index is 5.05. The van der Waals surface area contributed by atoms with Crippen molar-refractivity contribution in [3.05, 3.63) is 134 Å². The summed E-state index contributed by atoms with van der Waals surface area (Å²) in [5.41, 5.74) is 5.65. The number of hydrogen-bond donors (Lipinski definition) is 0. The Morgan fingerprint density at radius 1 is 0.500 bits per heavy atom. The fourth-order valence-corrected chi connectivity index (χ4v) is 5.74. The molecule has 5 aromatic carbocycles. The molecule has 8 aromatic rings. The Hall–Kier alpha value is -5.22. The third-order valence-corrected chi connectivity index (χ3v) is 7.44. The number of para-hydroxylation sites is 2. The number of aromatic nitrogens is 4. The number of rotatable bonds is 3. The topological polar surface area (TPSA) is 35.6 Å². The van der Waals surface area contributed by atoms with E-state index in [0.717, 1.165) is 33.9 Å². The Balaban J connectivity index is 1.45. The van der Waals surface area contributed by atoms with E-state index in [1.54, 1.807) is 0 Å². The summed E-state index contributed by atoms with van der Waals surface area (Å²) in [4.78, 5) is 9.63. The molecule has 4 heteroatoms. The van der Waals surface area contributed by atoms with E-state index in [-0.39, 0.29) is 0 Å². The van der Waals surface area contributed by atoms with Crippen LogP contribution in [0.15, 0.2) is 134 Å². The van der Waals surface area contributed by atoms with Gasteiger partial charge in [-0.15, -0.1) is 0 Å². The van der Waals surface area contributed by atoms with Crippen molar-refractivity contribution >= 4 is 43.5 Å². The second-order valence-corrected chi connectivity index (χ2v) is 9.53. The van der Waals surface area contributed by atoms with Gasteiger partial charge < -0.3 is 4.57 Å². The molecule has 3 aromatic heterocycles. The second-order valence-electron chi connectivity index (χ2n) is 9.53. The molecular weight excluding hydrogens is 464 g/mol. The summed E-state index contributed by atoms with van der Waals surface area (Å²) >= 11 is 0. The molecule has 0 unspecified atom stereocenters. The van der Waals surface area contributed by atoms with Crippen molar-refractivity contribution in [3.8, 4) is 22.9 Å². The SMILES string of the molecule is c1ccc(-c2nccc(-n3c4ccccc4c4ccc5c6ccn(-c7ccccc7)c6ccc5c43)n2)cc1. The summed E-state index contributed by atoms with van der Waals surface area (Å²) in [7, 11) is 0. The van der Waals surface area contributed by atoms with E-state index in [4.69, 9.17) is 4.98 Å². The van der Waals surface area contributed by atoms with Crippen molar-refractivity contribution in [2.24, 2.45) is 0 Å². The molecule has 0 amide bonds. The van der Waals surface area contributed by atoms with Crippen LogP contribution in [0.25, 0.3) is 66.4 Å². The second kappa shape index (κ2) is 8.15. The quantitative estimate of drug-likeness (QED) is 0.252. The van der Waals surface area contributed by atoms with Gasteiger partial charge in [0.25, 0.3) is 0 Å². The average molecular weight is 487 g/mol. The van der Waals surface area contributed by atoms with Crippen LogP contribution in [0.4, 0.5) is 0 Å². The highest BCUT2D eigenvalue weighted by atomic mass is 15.1. The summed E-state index contributed by atoms with van der Waals surface area (Å²) in [5, 5.41) is 6.10. The summed E-state index contributed by atoms with van der Waals surface area (Å²) < 4.78 is 4.55. The van der Waals surface area contributed by atoms with E-state index >= 15 is 0 Å². The Kier molecular flexibility index (Phi) is 4.49. The van der Waals surface area contributed by atoms with Crippen LogP contribution in [0.3, 0.4) is 0 Å². The number of nitrogens with zero attached hydrogens (tertiary/aromatic N) is 4. The highest BCUT2D eigenvalue weighted by Crippen LogP contribution is 2.39. The largest absolute Gasteiger partial charge is 0.317 e.